The zero-order valence-electron chi connectivity index (χ0n) is 18.1. The van der Waals surface area contributed by atoms with E-state index in [0.717, 1.165) is 23.6 Å². The van der Waals surface area contributed by atoms with Gasteiger partial charge in [-0.15, -0.1) is 0 Å². The van der Waals surface area contributed by atoms with Gasteiger partial charge in [-0.05, 0) is 67.4 Å². The summed E-state index contributed by atoms with van der Waals surface area (Å²) < 4.78 is 28.3. The molecule has 162 valence electrons. The highest BCUT2D eigenvalue weighted by Crippen LogP contribution is 2.37. The van der Waals surface area contributed by atoms with Crippen LogP contribution in [-0.2, 0) is 0 Å². The van der Waals surface area contributed by atoms with E-state index in [0.29, 0.717) is 5.92 Å². The second-order valence-electron chi connectivity index (χ2n) is 8.43. The molecule has 0 radical (unpaired) electrons. The van der Waals surface area contributed by atoms with Crippen molar-refractivity contribution in [2.45, 2.75) is 70.6 Å². The first-order chi connectivity index (χ1) is 15.1. The fourth-order valence-corrected chi connectivity index (χ4v) is 4.52. The van der Waals surface area contributed by atoms with Crippen LogP contribution in [0.1, 0.15) is 87.3 Å². The summed E-state index contributed by atoms with van der Waals surface area (Å²) in [5.74, 6) is 5.48. The number of aliphatic imine (C=N–C) groups is 1. The Labute approximate surface area is 190 Å². The highest BCUT2D eigenvalue weighted by atomic mass is 32.1. The van der Waals surface area contributed by atoms with Crippen LogP contribution in [0.15, 0.2) is 41.4 Å². The van der Waals surface area contributed by atoms with Crippen molar-refractivity contribution >= 4 is 23.1 Å². The highest BCUT2D eigenvalue weighted by Gasteiger charge is 2.21. The third-order valence-electron chi connectivity index (χ3n) is 6.23. The monoisotopic (exact) mass is 437 g/mol. The third-order valence-corrected chi connectivity index (χ3v) is 6.32. The molecule has 0 atom stereocenters. The molecule has 0 N–H and O–H groups in total. The van der Waals surface area contributed by atoms with Crippen molar-refractivity contribution < 1.29 is 8.78 Å². The molecule has 0 spiro atoms. The third kappa shape index (κ3) is 6.82. The van der Waals surface area contributed by atoms with Gasteiger partial charge in [-0.1, -0.05) is 63.0 Å². The van der Waals surface area contributed by atoms with Gasteiger partial charge in [0, 0.05) is 17.7 Å². The molecule has 1 fully saturated rings. The maximum absolute atomic E-state index is 14.1. The number of hydrogen-bond donors (Lipinski definition) is 0. The summed E-state index contributed by atoms with van der Waals surface area (Å²) in [5.41, 5.74) is 1.92. The number of nitrogens with zero attached hydrogens (tertiary/aromatic N) is 1. The molecule has 1 aliphatic carbocycles. The average molecular weight is 438 g/mol. The van der Waals surface area contributed by atoms with Crippen molar-refractivity contribution in [2.75, 3.05) is 0 Å². The molecule has 0 aliphatic heterocycles. The van der Waals surface area contributed by atoms with Crippen molar-refractivity contribution in [3.8, 4) is 11.8 Å². The van der Waals surface area contributed by atoms with Gasteiger partial charge in [0.05, 0.1) is 16.4 Å². The first-order valence-corrected chi connectivity index (χ1v) is 11.7. The predicted molar refractivity (Wildman–Crippen MR) is 127 cm³/mol. The normalized spacial score (nSPS) is 18.0. The van der Waals surface area contributed by atoms with Gasteiger partial charge < -0.3 is 0 Å². The van der Waals surface area contributed by atoms with Gasteiger partial charge in [-0.25, -0.2) is 8.78 Å². The van der Waals surface area contributed by atoms with E-state index in [1.54, 1.807) is 0 Å². The summed E-state index contributed by atoms with van der Waals surface area (Å²) >= 11 is 4.47. The van der Waals surface area contributed by atoms with Crippen LogP contribution in [0, 0.1) is 29.4 Å². The smallest absolute Gasteiger partial charge is 0.143 e. The van der Waals surface area contributed by atoms with Gasteiger partial charge >= 0.3 is 0 Å². The van der Waals surface area contributed by atoms with E-state index in [-0.39, 0.29) is 11.3 Å². The molecule has 0 heterocycles. The van der Waals surface area contributed by atoms with E-state index in [2.05, 4.69) is 53.3 Å². The summed E-state index contributed by atoms with van der Waals surface area (Å²) in [6.07, 6.45) is 11.9. The largest absolute Gasteiger partial charge is 0.205 e. The topological polar surface area (TPSA) is 12.4 Å². The second kappa shape index (κ2) is 11.9. The Balaban J connectivity index is 1.58. The molecule has 0 amide bonds. The molecule has 1 nitrogen and oxygen atoms in total. The first-order valence-electron chi connectivity index (χ1n) is 11.3. The lowest BCUT2D eigenvalue weighted by molar-refractivity contribution is 0.302. The Morgan fingerprint density at radius 1 is 0.935 bits per heavy atom. The summed E-state index contributed by atoms with van der Waals surface area (Å²) in [7, 11) is 0. The van der Waals surface area contributed by atoms with Crippen molar-refractivity contribution in [1.29, 1.82) is 0 Å². The van der Waals surface area contributed by atoms with Crippen molar-refractivity contribution in [3.05, 3.63) is 64.7 Å². The molecule has 31 heavy (non-hydrogen) atoms. The Kier molecular flexibility index (Phi) is 8.95. The fraction of sp³-hybridized carbons (Fsp3) is 0.444. The zero-order chi connectivity index (χ0) is 22.1. The first kappa shape index (κ1) is 23.3. The van der Waals surface area contributed by atoms with E-state index in [1.807, 2.05) is 12.1 Å². The van der Waals surface area contributed by atoms with Crippen molar-refractivity contribution in [1.82, 2.24) is 0 Å². The van der Waals surface area contributed by atoms with E-state index >= 15 is 0 Å². The minimum atomic E-state index is -0.750. The van der Waals surface area contributed by atoms with Crippen molar-refractivity contribution in [3.63, 3.8) is 0 Å². The van der Waals surface area contributed by atoms with Crippen LogP contribution >= 0.6 is 12.2 Å². The molecule has 2 aromatic carbocycles. The minimum Gasteiger partial charge on any atom is -0.205 e. The van der Waals surface area contributed by atoms with E-state index in [4.69, 9.17) is 0 Å². The van der Waals surface area contributed by atoms with Gasteiger partial charge in [-0.3, -0.25) is 0 Å². The molecule has 4 heteroatoms. The molecule has 0 bridgehead atoms. The average Bonchev–Trinajstić information content (AvgIpc) is 2.77. The number of benzene rings is 2. The van der Waals surface area contributed by atoms with Crippen LogP contribution in [0.25, 0.3) is 0 Å². The maximum atomic E-state index is 14.1. The van der Waals surface area contributed by atoms with Crippen LogP contribution in [0.4, 0.5) is 14.5 Å². The molecule has 0 saturated heterocycles. The van der Waals surface area contributed by atoms with Crippen LogP contribution in [-0.4, -0.2) is 5.16 Å². The van der Waals surface area contributed by atoms with Crippen LogP contribution in [0.2, 0.25) is 0 Å². The van der Waals surface area contributed by atoms with Gasteiger partial charge in [-0.2, -0.15) is 4.99 Å². The maximum Gasteiger partial charge on any atom is 0.143 e. The Morgan fingerprint density at radius 3 is 2.23 bits per heavy atom. The van der Waals surface area contributed by atoms with E-state index < -0.39 is 11.6 Å². The lowest BCUT2D eigenvalue weighted by Crippen LogP contribution is -2.13. The Morgan fingerprint density at radius 2 is 1.61 bits per heavy atom. The summed E-state index contributed by atoms with van der Waals surface area (Å²) in [6, 6.07) is 10.3. The van der Waals surface area contributed by atoms with E-state index in [1.165, 1.54) is 63.4 Å². The molecule has 1 saturated carbocycles. The number of hydrogen-bond acceptors (Lipinski definition) is 2. The second-order valence-corrected chi connectivity index (χ2v) is 8.61. The molecule has 1 aliphatic rings. The molecular weight excluding hydrogens is 408 g/mol. The minimum absolute atomic E-state index is 0.0931. The Bertz CT molecular complexity index is 950. The number of halogens is 2. The summed E-state index contributed by atoms with van der Waals surface area (Å²) in [4.78, 5) is 3.61. The lowest BCUT2D eigenvalue weighted by Gasteiger charge is -2.29. The quantitative estimate of drug-likeness (QED) is 0.183. The fourth-order valence-electron chi connectivity index (χ4n) is 4.41. The van der Waals surface area contributed by atoms with Gasteiger partial charge in [0.15, 0.2) is 0 Å². The zero-order valence-corrected chi connectivity index (χ0v) is 18.9. The Hall–Kier alpha value is -2.34. The molecule has 2 aromatic rings. The molecular formula is C27H29F2NS. The van der Waals surface area contributed by atoms with Crippen LogP contribution < -0.4 is 0 Å². The number of unbranched alkanes of at least 4 members (excludes halogenated alkanes) is 3. The summed E-state index contributed by atoms with van der Waals surface area (Å²) in [6.45, 7) is 2.26. The molecule has 3 rings (SSSR count). The standard InChI is InChI=1S/C27H29F2NS/c1-2-3-4-5-6-20-7-12-22(13-8-20)23-14-9-21(10-15-23)11-16-25-26(28)17-24(30-19-31)18-27(25)29/h9-10,14-15,17-18,20,22H,2-8,12-13H2,1H3. The van der Waals surface area contributed by atoms with Gasteiger partial charge in [0.25, 0.3) is 0 Å². The van der Waals surface area contributed by atoms with Gasteiger partial charge in [0.2, 0.25) is 0 Å². The van der Waals surface area contributed by atoms with E-state index in [9.17, 15) is 8.78 Å². The lowest BCUT2D eigenvalue weighted by atomic mass is 9.77. The van der Waals surface area contributed by atoms with Gasteiger partial charge in [0.1, 0.15) is 11.6 Å². The molecule has 0 aromatic heterocycles. The van der Waals surface area contributed by atoms with Crippen molar-refractivity contribution in [2.24, 2.45) is 10.9 Å². The molecule has 0 unspecified atom stereocenters. The number of thiocarbonyl (C=S) groups is 1. The van der Waals surface area contributed by atoms with Crippen LogP contribution in [0.3, 0.4) is 0 Å². The van der Waals surface area contributed by atoms with Crippen LogP contribution in [0.5, 0.6) is 0 Å². The summed E-state index contributed by atoms with van der Waals surface area (Å²) in [5, 5.41) is 2.10. The predicted octanol–water partition coefficient (Wildman–Crippen LogP) is 8.34. The SMILES string of the molecule is CCCCCCC1CCC(c2ccc(C#Cc3c(F)cc(N=C=S)cc3F)cc2)CC1. The highest BCUT2D eigenvalue weighted by molar-refractivity contribution is 7.78. The number of rotatable bonds is 7. The number of isothiocyanates is 1.